The van der Waals surface area contributed by atoms with Crippen molar-refractivity contribution in [2.45, 2.75) is 31.3 Å². The van der Waals surface area contributed by atoms with E-state index in [2.05, 4.69) is 23.5 Å². The van der Waals surface area contributed by atoms with Crippen molar-refractivity contribution in [2.75, 3.05) is 20.3 Å². The Morgan fingerprint density at radius 1 is 1.33 bits per heavy atom. The first-order valence-electron chi connectivity index (χ1n) is 6.85. The van der Waals surface area contributed by atoms with Crippen LogP contribution in [0.2, 0.25) is 0 Å². The number of nitrogens with one attached hydrogen (secondary N) is 1. The molecule has 3 nitrogen and oxygen atoms in total. The van der Waals surface area contributed by atoms with E-state index in [1.54, 1.807) is 7.11 Å². The van der Waals surface area contributed by atoms with Crippen molar-refractivity contribution in [1.82, 2.24) is 5.32 Å². The van der Waals surface area contributed by atoms with Gasteiger partial charge in [-0.3, -0.25) is 0 Å². The van der Waals surface area contributed by atoms with Crippen molar-refractivity contribution >= 4 is 0 Å². The summed E-state index contributed by atoms with van der Waals surface area (Å²) in [6.07, 6.45) is 3.72. The van der Waals surface area contributed by atoms with Gasteiger partial charge in [0.1, 0.15) is 5.75 Å². The van der Waals surface area contributed by atoms with Gasteiger partial charge in [-0.2, -0.15) is 0 Å². The minimum Gasteiger partial charge on any atom is -0.493 e. The molecule has 2 unspecified atom stereocenters. The second-order valence-corrected chi connectivity index (χ2v) is 5.29. The third-order valence-electron chi connectivity index (χ3n) is 3.91. The topological polar surface area (TPSA) is 30.5 Å². The van der Waals surface area contributed by atoms with Crippen LogP contribution in [0.15, 0.2) is 24.3 Å². The minimum atomic E-state index is 0.413. The lowest BCUT2D eigenvalue weighted by molar-refractivity contribution is 0.143. The molecule has 0 aromatic heterocycles. The Balaban J connectivity index is 1.72. The van der Waals surface area contributed by atoms with Crippen molar-refractivity contribution in [3.05, 3.63) is 29.8 Å². The van der Waals surface area contributed by atoms with Gasteiger partial charge in [-0.15, -0.1) is 0 Å². The number of fused-ring (bicyclic) bond motifs is 1. The fourth-order valence-corrected chi connectivity index (χ4v) is 2.77. The van der Waals surface area contributed by atoms with Crippen LogP contribution in [0, 0.1) is 5.92 Å². The molecule has 1 aromatic rings. The molecular weight excluding hydrogens is 226 g/mol. The van der Waals surface area contributed by atoms with E-state index < -0.39 is 0 Å². The molecule has 0 bridgehead atoms. The van der Waals surface area contributed by atoms with Crippen LogP contribution in [0.4, 0.5) is 0 Å². The molecule has 1 heterocycles. The number of benzene rings is 1. The lowest BCUT2D eigenvalue weighted by atomic mass is 9.99. The molecule has 1 N–H and O–H groups in total. The third kappa shape index (κ3) is 2.52. The molecule has 0 saturated heterocycles. The Kier molecular flexibility index (Phi) is 3.52. The number of hydrogen-bond donors (Lipinski definition) is 1. The van der Waals surface area contributed by atoms with Crippen molar-refractivity contribution in [3.63, 3.8) is 0 Å². The first-order valence-corrected chi connectivity index (χ1v) is 6.85. The third-order valence-corrected chi connectivity index (χ3v) is 3.91. The molecule has 2 atom stereocenters. The summed E-state index contributed by atoms with van der Waals surface area (Å²) in [5, 5.41) is 3.77. The number of ether oxygens (including phenoxy) is 2. The summed E-state index contributed by atoms with van der Waals surface area (Å²) in [6.45, 7) is 1.61. The van der Waals surface area contributed by atoms with Crippen molar-refractivity contribution in [2.24, 2.45) is 5.92 Å². The van der Waals surface area contributed by atoms with Gasteiger partial charge in [0.25, 0.3) is 0 Å². The van der Waals surface area contributed by atoms with Gasteiger partial charge < -0.3 is 14.8 Å². The molecule has 1 fully saturated rings. The molecule has 98 valence electrons. The summed E-state index contributed by atoms with van der Waals surface area (Å²) in [5.74, 6) is 1.84. The van der Waals surface area contributed by atoms with Gasteiger partial charge in [-0.25, -0.2) is 0 Å². The van der Waals surface area contributed by atoms with Gasteiger partial charge in [-0.05, 0) is 24.8 Å². The highest BCUT2D eigenvalue weighted by Crippen LogP contribution is 2.37. The van der Waals surface area contributed by atoms with E-state index in [0.717, 1.165) is 31.3 Å². The van der Waals surface area contributed by atoms with Crippen LogP contribution in [-0.2, 0) is 4.74 Å². The Morgan fingerprint density at radius 3 is 2.94 bits per heavy atom. The zero-order chi connectivity index (χ0) is 12.4. The van der Waals surface area contributed by atoms with E-state index in [1.807, 2.05) is 6.07 Å². The van der Waals surface area contributed by atoms with E-state index in [0.29, 0.717) is 12.1 Å². The highest BCUT2D eigenvalue weighted by molar-refractivity contribution is 5.37. The Morgan fingerprint density at radius 2 is 2.17 bits per heavy atom. The van der Waals surface area contributed by atoms with Crippen LogP contribution in [-0.4, -0.2) is 26.4 Å². The Hall–Kier alpha value is -1.06. The first-order chi connectivity index (χ1) is 8.88. The number of hydrogen-bond acceptors (Lipinski definition) is 3. The first kappa shape index (κ1) is 12.0. The maximum absolute atomic E-state index is 5.70. The van der Waals surface area contributed by atoms with Crippen LogP contribution in [0.25, 0.3) is 0 Å². The largest absolute Gasteiger partial charge is 0.493 e. The Bertz CT molecular complexity index is 403. The molecule has 1 aromatic carbocycles. The normalized spacial score (nSPS) is 24.2. The maximum atomic E-state index is 5.70. The summed E-state index contributed by atoms with van der Waals surface area (Å²) in [4.78, 5) is 0. The van der Waals surface area contributed by atoms with E-state index in [4.69, 9.17) is 9.47 Å². The minimum absolute atomic E-state index is 0.413. The van der Waals surface area contributed by atoms with Crippen LogP contribution >= 0.6 is 0 Å². The molecule has 0 radical (unpaired) electrons. The van der Waals surface area contributed by atoms with Gasteiger partial charge in [0.2, 0.25) is 0 Å². The monoisotopic (exact) mass is 247 g/mol. The summed E-state index contributed by atoms with van der Waals surface area (Å²) in [5.41, 5.74) is 1.30. The zero-order valence-corrected chi connectivity index (χ0v) is 10.9. The fourth-order valence-electron chi connectivity index (χ4n) is 2.77. The highest BCUT2D eigenvalue weighted by Gasteiger charge is 2.33. The van der Waals surface area contributed by atoms with E-state index in [1.165, 1.54) is 18.4 Å². The van der Waals surface area contributed by atoms with Gasteiger partial charge in [-0.1, -0.05) is 18.2 Å². The number of methoxy groups -OCH3 is 1. The van der Waals surface area contributed by atoms with Gasteiger partial charge >= 0.3 is 0 Å². The molecule has 3 rings (SSSR count). The molecule has 3 heteroatoms. The van der Waals surface area contributed by atoms with E-state index in [-0.39, 0.29) is 0 Å². The van der Waals surface area contributed by atoms with Crippen LogP contribution in [0.3, 0.4) is 0 Å². The summed E-state index contributed by atoms with van der Waals surface area (Å²) >= 11 is 0. The summed E-state index contributed by atoms with van der Waals surface area (Å²) < 4.78 is 11.0. The quantitative estimate of drug-likeness (QED) is 0.867. The average Bonchev–Trinajstić information content (AvgIpc) is 3.23. The molecule has 0 amide bonds. The molecule has 1 aliphatic heterocycles. The molecule has 0 spiro atoms. The van der Waals surface area contributed by atoms with Gasteiger partial charge in [0.15, 0.2) is 0 Å². The number of rotatable bonds is 5. The SMILES string of the molecule is COCC(NC1CCOc2ccccc21)C1CC1. The lowest BCUT2D eigenvalue weighted by Gasteiger charge is -2.30. The Labute approximate surface area is 108 Å². The van der Waals surface area contributed by atoms with Crippen molar-refractivity contribution < 1.29 is 9.47 Å². The molecule has 1 saturated carbocycles. The summed E-state index contributed by atoms with van der Waals surface area (Å²) in [7, 11) is 1.79. The second kappa shape index (κ2) is 5.29. The van der Waals surface area contributed by atoms with Crippen LogP contribution in [0.1, 0.15) is 30.9 Å². The summed E-state index contributed by atoms with van der Waals surface area (Å²) in [6, 6.07) is 9.26. The fraction of sp³-hybridized carbons (Fsp3) is 0.600. The van der Waals surface area contributed by atoms with Crippen molar-refractivity contribution in [1.29, 1.82) is 0 Å². The van der Waals surface area contributed by atoms with Crippen LogP contribution < -0.4 is 10.1 Å². The zero-order valence-electron chi connectivity index (χ0n) is 10.9. The predicted molar refractivity (Wildman–Crippen MR) is 70.8 cm³/mol. The lowest BCUT2D eigenvalue weighted by Crippen LogP contribution is -2.39. The predicted octanol–water partition coefficient (Wildman–Crippen LogP) is 2.52. The van der Waals surface area contributed by atoms with E-state index >= 15 is 0 Å². The molecule has 18 heavy (non-hydrogen) atoms. The number of para-hydroxylation sites is 1. The standard InChI is InChI=1S/C15H21NO2/c1-17-10-14(11-6-7-11)16-13-8-9-18-15-5-3-2-4-12(13)15/h2-5,11,13-14,16H,6-10H2,1H3. The van der Waals surface area contributed by atoms with Gasteiger partial charge in [0, 0.05) is 31.2 Å². The molecule has 1 aliphatic carbocycles. The maximum Gasteiger partial charge on any atom is 0.124 e. The average molecular weight is 247 g/mol. The van der Waals surface area contributed by atoms with E-state index in [9.17, 15) is 0 Å². The second-order valence-electron chi connectivity index (χ2n) is 5.29. The van der Waals surface area contributed by atoms with Crippen LogP contribution in [0.5, 0.6) is 5.75 Å². The molecular formula is C15H21NO2. The van der Waals surface area contributed by atoms with Gasteiger partial charge in [0.05, 0.1) is 13.2 Å². The molecule has 2 aliphatic rings. The smallest absolute Gasteiger partial charge is 0.124 e. The van der Waals surface area contributed by atoms with Crippen molar-refractivity contribution in [3.8, 4) is 5.75 Å². The highest BCUT2D eigenvalue weighted by atomic mass is 16.5.